The molecule has 0 bridgehead atoms. The summed E-state index contributed by atoms with van der Waals surface area (Å²) in [5.41, 5.74) is 3.23. The number of carbonyl (C=O) groups is 1. The molecule has 0 spiro atoms. The molecule has 0 radical (unpaired) electrons. The SMILES string of the molecule is CC(=O)NC1(c2ccc(F)cc2)CCN(Cc2cnc3ccccc3n2)CC1. The van der Waals surface area contributed by atoms with Crippen LogP contribution in [0.4, 0.5) is 4.39 Å². The van der Waals surface area contributed by atoms with Crippen molar-refractivity contribution in [2.75, 3.05) is 13.1 Å². The van der Waals surface area contributed by atoms with E-state index in [1.807, 2.05) is 30.5 Å². The molecular weight excluding hydrogens is 355 g/mol. The van der Waals surface area contributed by atoms with Crippen LogP contribution >= 0.6 is 0 Å². The Morgan fingerprint density at radius 3 is 2.46 bits per heavy atom. The number of para-hydroxylation sites is 2. The number of halogens is 1. The van der Waals surface area contributed by atoms with Gasteiger partial charge in [-0.2, -0.15) is 0 Å². The lowest BCUT2D eigenvalue weighted by atomic mass is 9.80. The second-order valence-corrected chi connectivity index (χ2v) is 7.40. The highest BCUT2D eigenvalue weighted by Gasteiger charge is 2.37. The van der Waals surface area contributed by atoms with E-state index >= 15 is 0 Å². The third-order valence-electron chi connectivity index (χ3n) is 5.41. The van der Waals surface area contributed by atoms with E-state index in [0.717, 1.165) is 54.8 Å². The lowest BCUT2D eigenvalue weighted by Gasteiger charge is -2.42. The topological polar surface area (TPSA) is 58.1 Å². The number of nitrogens with one attached hydrogen (secondary N) is 1. The van der Waals surface area contributed by atoms with Gasteiger partial charge in [0.15, 0.2) is 0 Å². The Morgan fingerprint density at radius 1 is 1.11 bits per heavy atom. The summed E-state index contributed by atoms with van der Waals surface area (Å²) >= 11 is 0. The van der Waals surface area contributed by atoms with E-state index in [2.05, 4.69) is 15.2 Å². The fourth-order valence-electron chi connectivity index (χ4n) is 3.99. The fraction of sp³-hybridized carbons (Fsp3) is 0.318. The molecule has 6 heteroatoms. The maximum atomic E-state index is 13.3. The summed E-state index contributed by atoms with van der Waals surface area (Å²) in [4.78, 5) is 23.4. The van der Waals surface area contributed by atoms with E-state index in [0.29, 0.717) is 0 Å². The first-order valence-electron chi connectivity index (χ1n) is 9.52. The number of fused-ring (bicyclic) bond motifs is 1. The summed E-state index contributed by atoms with van der Waals surface area (Å²) in [5.74, 6) is -0.341. The number of hydrogen-bond acceptors (Lipinski definition) is 4. The van der Waals surface area contributed by atoms with Crippen molar-refractivity contribution in [2.24, 2.45) is 0 Å². The number of amides is 1. The number of nitrogens with zero attached hydrogens (tertiary/aromatic N) is 3. The molecule has 1 amide bonds. The van der Waals surface area contributed by atoms with Crippen LogP contribution in [0.5, 0.6) is 0 Å². The van der Waals surface area contributed by atoms with Gasteiger partial charge in [0.25, 0.3) is 0 Å². The van der Waals surface area contributed by atoms with Crippen molar-refractivity contribution in [3.63, 3.8) is 0 Å². The Labute approximate surface area is 163 Å². The molecule has 28 heavy (non-hydrogen) atoms. The van der Waals surface area contributed by atoms with E-state index in [4.69, 9.17) is 4.98 Å². The molecule has 0 atom stereocenters. The Kier molecular flexibility index (Phi) is 5.05. The standard InChI is InChI=1S/C22H23FN4O/c1-16(28)26-22(17-6-8-18(23)9-7-17)10-12-27(13-11-22)15-19-14-24-20-4-2-3-5-21(20)25-19/h2-9,14H,10-13,15H2,1H3,(H,26,28). The van der Waals surface area contributed by atoms with Crippen LogP contribution < -0.4 is 5.32 Å². The summed E-state index contributed by atoms with van der Waals surface area (Å²) in [6, 6.07) is 14.3. The van der Waals surface area contributed by atoms with Crippen LogP contribution in [0.2, 0.25) is 0 Å². The summed E-state index contributed by atoms with van der Waals surface area (Å²) < 4.78 is 13.3. The quantitative estimate of drug-likeness (QED) is 0.756. The van der Waals surface area contributed by atoms with Gasteiger partial charge in [-0.15, -0.1) is 0 Å². The first kappa shape index (κ1) is 18.5. The van der Waals surface area contributed by atoms with Crippen molar-refractivity contribution in [3.8, 4) is 0 Å². The van der Waals surface area contributed by atoms with Gasteiger partial charge in [-0.1, -0.05) is 24.3 Å². The first-order chi connectivity index (χ1) is 13.5. The Hall–Kier alpha value is -2.86. The van der Waals surface area contributed by atoms with E-state index in [1.54, 1.807) is 12.1 Å². The molecule has 3 aromatic rings. The molecule has 0 unspecified atom stereocenters. The first-order valence-corrected chi connectivity index (χ1v) is 9.52. The Balaban J connectivity index is 1.49. The zero-order chi connectivity index (χ0) is 19.6. The van der Waals surface area contributed by atoms with Crippen molar-refractivity contribution in [2.45, 2.75) is 31.8 Å². The van der Waals surface area contributed by atoms with Gasteiger partial charge in [0.1, 0.15) is 5.82 Å². The van der Waals surface area contributed by atoms with Gasteiger partial charge < -0.3 is 5.32 Å². The van der Waals surface area contributed by atoms with E-state index in [-0.39, 0.29) is 11.7 Å². The highest BCUT2D eigenvalue weighted by atomic mass is 19.1. The zero-order valence-corrected chi connectivity index (χ0v) is 15.9. The van der Waals surface area contributed by atoms with Gasteiger partial charge >= 0.3 is 0 Å². The van der Waals surface area contributed by atoms with Crippen LogP contribution in [0.3, 0.4) is 0 Å². The average Bonchev–Trinajstić information content (AvgIpc) is 2.69. The van der Waals surface area contributed by atoms with Crippen molar-refractivity contribution in [3.05, 3.63) is 71.8 Å². The van der Waals surface area contributed by atoms with Gasteiger partial charge in [0, 0.05) is 26.6 Å². The highest BCUT2D eigenvalue weighted by molar-refractivity contribution is 5.74. The summed E-state index contributed by atoms with van der Waals surface area (Å²) in [5, 5.41) is 3.12. The minimum atomic E-state index is -0.453. The van der Waals surface area contributed by atoms with E-state index in [9.17, 15) is 9.18 Å². The van der Waals surface area contributed by atoms with Crippen molar-refractivity contribution in [1.82, 2.24) is 20.2 Å². The molecule has 144 valence electrons. The number of piperidine rings is 1. The third-order valence-corrected chi connectivity index (χ3v) is 5.41. The molecule has 4 rings (SSSR count). The van der Waals surface area contributed by atoms with Crippen LogP contribution in [0.15, 0.2) is 54.7 Å². The van der Waals surface area contributed by atoms with Crippen molar-refractivity contribution >= 4 is 16.9 Å². The van der Waals surface area contributed by atoms with E-state index in [1.165, 1.54) is 19.1 Å². The molecule has 1 aliphatic heterocycles. The molecule has 1 saturated heterocycles. The lowest BCUT2D eigenvalue weighted by molar-refractivity contribution is -0.121. The molecule has 5 nitrogen and oxygen atoms in total. The summed E-state index contributed by atoms with van der Waals surface area (Å²) in [6.45, 7) is 3.87. The Morgan fingerprint density at radius 2 is 1.79 bits per heavy atom. The number of aromatic nitrogens is 2. The second kappa shape index (κ2) is 7.64. The van der Waals surface area contributed by atoms with Gasteiger partial charge in [0.2, 0.25) is 5.91 Å². The van der Waals surface area contributed by atoms with Crippen LogP contribution in [0, 0.1) is 5.82 Å². The van der Waals surface area contributed by atoms with Crippen LogP contribution in [-0.2, 0) is 16.9 Å². The van der Waals surface area contributed by atoms with Crippen molar-refractivity contribution in [1.29, 1.82) is 0 Å². The smallest absolute Gasteiger partial charge is 0.217 e. The molecule has 1 N–H and O–H groups in total. The molecule has 1 aliphatic rings. The molecule has 2 aromatic carbocycles. The molecule has 1 fully saturated rings. The summed E-state index contributed by atoms with van der Waals surface area (Å²) in [7, 11) is 0. The fourth-order valence-corrected chi connectivity index (χ4v) is 3.99. The normalized spacial score (nSPS) is 16.8. The molecule has 0 saturated carbocycles. The largest absolute Gasteiger partial charge is 0.347 e. The van der Waals surface area contributed by atoms with Gasteiger partial charge in [0.05, 0.1) is 28.5 Å². The predicted molar refractivity (Wildman–Crippen MR) is 106 cm³/mol. The number of benzene rings is 2. The predicted octanol–water partition coefficient (Wildman–Crippen LogP) is 3.40. The van der Waals surface area contributed by atoms with Crippen LogP contribution in [0.1, 0.15) is 31.0 Å². The molecule has 2 heterocycles. The number of rotatable bonds is 4. The highest BCUT2D eigenvalue weighted by Crippen LogP contribution is 2.33. The van der Waals surface area contributed by atoms with Crippen LogP contribution in [-0.4, -0.2) is 33.9 Å². The van der Waals surface area contributed by atoms with Gasteiger partial charge in [-0.3, -0.25) is 14.7 Å². The molecule has 1 aromatic heterocycles. The maximum absolute atomic E-state index is 13.3. The molecular formula is C22H23FN4O. The zero-order valence-electron chi connectivity index (χ0n) is 15.9. The maximum Gasteiger partial charge on any atom is 0.217 e. The lowest BCUT2D eigenvalue weighted by Crippen LogP contribution is -2.52. The number of hydrogen-bond donors (Lipinski definition) is 1. The minimum Gasteiger partial charge on any atom is -0.347 e. The number of likely N-dealkylation sites (tertiary alicyclic amines) is 1. The van der Waals surface area contributed by atoms with Crippen molar-refractivity contribution < 1.29 is 9.18 Å². The number of carbonyl (C=O) groups excluding carboxylic acids is 1. The summed E-state index contributed by atoms with van der Waals surface area (Å²) in [6.07, 6.45) is 3.36. The van der Waals surface area contributed by atoms with Crippen LogP contribution in [0.25, 0.3) is 11.0 Å². The average molecular weight is 378 g/mol. The second-order valence-electron chi connectivity index (χ2n) is 7.40. The van der Waals surface area contributed by atoms with Gasteiger partial charge in [-0.25, -0.2) is 9.37 Å². The minimum absolute atomic E-state index is 0.0711. The van der Waals surface area contributed by atoms with Gasteiger partial charge in [-0.05, 0) is 42.7 Å². The monoisotopic (exact) mass is 378 g/mol. The third kappa shape index (κ3) is 3.87. The Bertz CT molecular complexity index is 981. The molecule has 0 aliphatic carbocycles. The van der Waals surface area contributed by atoms with E-state index < -0.39 is 5.54 Å².